The van der Waals surface area contributed by atoms with Gasteiger partial charge in [0, 0.05) is 35.6 Å². The van der Waals surface area contributed by atoms with E-state index in [-0.39, 0.29) is 16.7 Å². The minimum absolute atomic E-state index is 0.0887. The highest BCUT2D eigenvalue weighted by Gasteiger charge is 2.76. The molecule has 3 aliphatic carbocycles. The first kappa shape index (κ1) is 22.6. The molecular formula is C32H39N3O2. The van der Waals surface area contributed by atoms with E-state index in [0.29, 0.717) is 35.7 Å². The number of benzene rings is 2. The Balaban J connectivity index is 1.19. The number of nitrogens with one attached hydrogen (secondary N) is 1. The third-order valence-corrected chi connectivity index (χ3v) is 11.8. The molecule has 4 bridgehead atoms. The lowest BCUT2D eigenvalue weighted by molar-refractivity contribution is -0.101. The van der Waals surface area contributed by atoms with Crippen molar-refractivity contribution in [2.45, 2.75) is 74.9 Å². The Kier molecular flexibility index (Phi) is 4.93. The summed E-state index contributed by atoms with van der Waals surface area (Å²) in [5.74, 6) is 1.70. The first-order valence-corrected chi connectivity index (χ1v) is 14.8. The molecule has 2 N–H and O–H groups in total. The van der Waals surface area contributed by atoms with Crippen LogP contribution in [0.15, 0.2) is 48.5 Å². The number of nitrogens with zero attached hydrogens (tertiary/aromatic N) is 2. The van der Waals surface area contributed by atoms with E-state index in [2.05, 4.69) is 27.2 Å². The molecule has 5 nitrogen and oxygen atoms in total. The van der Waals surface area contributed by atoms with Crippen LogP contribution >= 0.6 is 0 Å². The summed E-state index contributed by atoms with van der Waals surface area (Å²) in [6.45, 7) is 4.43. The molecule has 1 amide bonds. The highest BCUT2D eigenvalue weighted by Crippen LogP contribution is 2.75. The Morgan fingerprint density at radius 1 is 1.11 bits per heavy atom. The van der Waals surface area contributed by atoms with Crippen LogP contribution in [0.5, 0.6) is 5.75 Å². The van der Waals surface area contributed by atoms with Crippen molar-refractivity contribution in [2.24, 2.45) is 17.3 Å². The highest BCUT2D eigenvalue weighted by atomic mass is 16.3. The number of hydrogen-bond acceptors (Lipinski definition) is 4. The number of fused-ring (bicyclic) bond motifs is 1. The molecule has 37 heavy (non-hydrogen) atoms. The molecule has 0 aromatic heterocycles. The van der Waals surface area contributed by atoms with E-state index in [9.17, 15) is 9.90 Å². The van der Waals surface area contributed by atoms with Gasteiger partial charge in [0.25, 0.3) is 5.91 Å². The van der Waals surface area contributed by atoms with Crippen molar-refractivity contribution in [3.8, 4) is 5.75 Å². The Morgan fingerprint density at radius 3 is 2.84 bits per heavy atom. The predicted octanol–water partition coefficient (Wildman–Crippen LogP) is 4.34. The van der Waals surface area contributed by atoms with Crippen molar-refractivity contribution in [2.75, 3.05) is 26.2 Å². The molecule has 194 valence electrons. The Morgan fingerprint density at radius 2 is 2.00 bits per heavy atom. The normalized spacial score (nSPS) is 39.5. The van der Waals surface area contributed by atoms with Crippen molar-refractivity contribution >= 4 is 5.91 Å². The third kappa shape index (κ3) is 2.96. The first-order valence-electron chi connectivity index (χ1n) is 14.8. The Bertz CT molecular complexity index is 1230. The van der Waals surface area contributed by atoms with Crippen LogP contribution in [0.2, 0.25) is 0 Å². The molecule has 7 atom stereocenters. The zero-order valence-corrected chi connectivity index (χ0v) is 21.7. The number of carbonyl (C=O) groups excluding carboxylic acids is 1. The lowest BCUT2D eigenvalue weighted by Crippen LogP contribution is -2.69. The monoisotopic (exact) mass is 497 g/mol. The number of phenols is 1. The van der Waals surface area contributed by atoms with Crippen LogP contribution < -0.4 is 5.32 Å². The lowest BCUT2D eigenvalue weighted by atomic mass is 9.43. The molecule has 2 aromatic carbocycles. The van der Waals surface area contributed by atoms with Gasteiger partial charge in [-0.3, -0.25) is 9.69 Å². The van der Waals surface area contributed by atoms with E-state index in [0.717, 1.165) is 31.5 Å². The largest absolute Gasteiger partial charge is 0.508 e. The predicted molar refractivity (Wildman–Crippen MR) is 144 cm³/mol. The standard InChI is InChI=1S/C32H39N3O2/c36-25-9-8-22-17-28-31-12-10-27-29(23(19-31)20-35(27)30(37)21-5-2-1-3-6-21)32(31,26(22)18-25)13-16-34(28)15-11-24-7-4-14-33-24/h1-3,5-6,8-9,18,23-24,27-29,33,36H,4,7,10-17,19-20H2/t23-,24?,27?,28?,29?,31?,32?/m1/s1. The van der Waals surface area contributed by atoms with Gasteiger partial charge < -0.3 is 15.3 Å². The van der Waals surface area contributed by atoms with Crippen LogP contribution in [0.3, 0.4) is 0 Å². The number of piperidine rings is 1. The maximum Gasteiger partial charge on any atom is 0.254 e. The number of carbonyl (C=O) groups is 1. The molecule has 3 heterocycles. The van der Waals surface area contributed by atoms with E-state index < -0.39 is 0 Å². The van der Waals surface area contributed by atoms with Crippen LogP contribution in [0.4, 0.5) is 0 Å². The molecule has 3 saturated heterocycles. The van der Waals surface area contributed by atoms with Gasteiger partial charge in [-0.05, 0) is 124 Å². The maximum absolute atomic E-state index is 13.7. The van der Waals surface area contributed by atoms with Crippen molar-refractivity contribution in [3.05, 3.63) is 65.2 Å². The van der Waals surface area contributed by atoms with Gasteiger partial charge in [0.2, 0.25) is 0 Å². The minimum atomic E-state index is 0.0887. The summed E-state index contributed by atoms with van der Waals surface area (Å²) in [5, 5.41) is 14.4. The lowest BCUT2D eigenvalue weighted by Gasteiger charge is -2.66. The van der Waals surface area contributed by atoms with Crippen molar-refractivity contribution in [1.82, 2.24) is 15.1 Å². The van der Waals surface area contributed by atoms with Gasteiger partial charge in [-0.2, -0.15) is 0 Å². The SMILES string of the molecule is O=C(c1ccccc1)N1C[C@H]2CC34CCC1C2C31CCN(CCC2CCCN2)C4Cc2ccc(O)cc21. The van der Waals surface area contributed by atoms with Gasteiger partial charge in [0.1, 0.15) is 5.75 Å². The molecule has 3 aliphatic heterocycles. The molecule has 6 unspecified atom stereocenters. The first-order chi connectivity index (χ1) is 18.1. The maximum atomic E-state index is 13.7. The van der Waals surface area contributed by atoms with E-state index in [1.165, 1.54) is 62.7 Å². The van der Waals surface area contributed by atoms with Crippen LogP contribution in [0.1, 0.15) is 66.4 Å². The van der Waals surface area contributed by atoms with Crippen LogP contribution in [0, 0.1) is 17.3 Å². The fourth-order valence-electron chi connectivity index (χ4n) is 10.7. The molecule has 8 rings (SSSR count). The highest BCUT2D eigenvalue weighted by molar-refractivity contribution is 5.94. The average molecular weight is 498 g/mol. The molecule has 5 heteroatoms. The van der Waals surface area contributed by atoms with E-state index in [1.54, 1.807) is 0 Å². The second-order valence-electron chi connectivity index (χ2n) is 13.0. The second-order valence-corrected chi connectivity index (χ2v) is 13.0. The number of amides is 1. The quantitative estimate of drug-likeness (QED) is 0.660. The molecule has 6 aliphatic rings. The van der Waals surface area contributed by atoms with Gasteiger partial charge >= 0.3 is 0 Å². The number of aromatic hydroxyl groups is 1. The smallest absolute Gasteiger partial charge is 0.254 e. The summed E-state index contributed by atoms with van der Waals surface area (Å²) in [6.07, 6.45) is 9.77. The van der Waals surface area contributed by atoms with Gasteiger partial charge in [0.15, 0.2) is 0 Å². The van der Waals surface area contributed by atoms with Gasteiger partial charge in [-0.15, -0.1) is 0 Å². The molecule has 0 radical (unpaired) electrons. The van der Waals surface area contributed by atoms with E-state index in [4.69, 9.17) is 0 Å². The fourth-order valence-corrected chi connectivity index (χ4v) is 10.7. The Labute approximate surface area is 220 Å². The molecular weight excluding hydrogens is 458 g/mol. The summed E-state index contributed by atoms with van der Waals surface area (Å²) in [7, 11) is 0. The van der Waals surface area contributed by atoms with Crippen molar-refractivity contribution in [3.63, 3.8) is 0 Å². The van der Waals surface area contributed by atoms with Gasteiger partial charge in [-0.1, -0.05) is 24.3 Å². The number of likely N-dealkylation sites (tertiary alicyclic amines) is 2. The number of hydrogen-bond donors (Lipinski definition) is 2. The summed E-state index contributed by atoms with van der Waals surface area (Å²) in [4.78, 5) is 18.9. The van der Waals surface area contributed by atoms with Gasteiger partial charge in [-0.25, -0.2) is 0 Å². The van der Waals surface area contributed by atoms with Crippen LogP contribution in [0.25, 0.3) is 0 Å². The third-order valence-electron chi connectivity index (χ3n) is 11.8. The summed E-state index contributed by atoms with van der Waals surface area (Å²) in [5.41, 5.74) is 4.09. The van der Waals surface area contributed by atoms with E-state index >= 15 is 0 Å². The molecule has 0 spiro atoms. The summed E-state index contributed by atoms with van der Waals surface area (Å²) >= 11 is 0. The zero-order chi connectivity index (χ0) is 24.8. The van der Waals surface area contributed by atoms with Crippen LogP contribution in [-0.4, -0.2) is 65.1 Å². The topological polar surface area (TPSA) is 55.8 Å². The molecule has 2 saturated carbocycles. The number of rotatable bonds is 4. The molecule has 2 aromatic rings. The fraction of sp³-hybridized carbons (Fsp3) is 0.594. The Hall–Kier alpha value is -2.37. The molecule has 5 fully saturated rings. The van der Waals surface area contributed by atoms with Crippen LogP contribution in [-0.2, 0) is 11.8 Å². The minimum Gasteiger partial charge on any atom is -0.508 e. The van der Waals surface area contributed by atoms with E-state index in [1.807, 2.05) is 36.4 Å². The zero-order valence-electron chi connectivity index (χ0n) is 21.7. The van der Waals surface area contributed by atoms with Gasteiger partial charge in [0.05, 0.1) is 0 Å². The summed E-state index contributed by atoms with van der Waals surface area (Å²) in [6, 6.07) is 17.8. The van der Waals surface area contributed by atoms with Crippen molar-refractivity contribution in [1.29, 1.82) is 0 Å². The average Bonchev–Trinajstić information content (AvgIpc) is 3.60. The number of phenolic OH excluding ortho intramolecular Hbond substituents is 1. The second kappa shape index (κ2) is 8.07. The summed E-state index contributed by atoms with van der Waals surface area (Å²) < 4.78 is 0. The van der Waals surface area contributed by atoms with Crippen molar-refractivity contribution < 1.29 is 9.90 Å².